The second kappa shape index (κ2) is 6.22. The third kappa shape index (κ3) is 3.38. The van der Waals surface area contributed by atoms with E-state index in [2.05, 4.69) is 28.7 Å². The number of nitrogens with zero attached hydrogens (tertiary/aromatic N) is 3. The van der Waals surface area contributed by atoms with Gasteiger partial charge in [-0.15, -0.1) is 0 Å². The second-order valence-corrected chi connectivity index (χ2v) is 3.13. The minimum atomic E-state index is 0.466. The zero-order valence-corrected chi connectivity index (χ0v) is 9.73. The first kappa shape index (κ1) is 11.8. The third-order valence-electron chi connectivity index (χ3n) is 2.22. The van der Waals surface area contributed by atoms with Crippen LogP contribution in [0.4, 0.5) is 0 Å². The summed E-state index contributed by atoms with van der Waals surface area (Å²) < 4.78 is 5.32. The largest absolute Gasteiger partial charge is 0.464 e. The van der Waals surface area contributed by atoms with Crippen LogP contribution in [0.2, 0.25) is 0 Å². The van der Waals surface area contributed by atoms with Gasteiger partial charge in [0.25, 0.3) is 0 Å². The van der Waals surface area contributed by atoms with Gasteiger partial charge in [-0.05, 0) is 20.8 Å². The van der Waals surface area contributed by atoms with Crippen molar-refractivity contribution in [3.63, 3.8) is 0 Å². The molecular formula is C11H19N3O. The smallest absolute Gasteiger partial charge is 0.318 e. The van der Waals surface area contributed by atoms with E-state index < -0.39 is 0 Å². The molecule has 4 heteroatoms. The van der Waals surface area contributed by atoms with Crippen molar-refractivity contribution in [2.24, 2.45) is 9.98 Å². The maximum absolute atomic E-state index is 5.32. The van der Waals surface area contributed by atoms with Gasteiger partial charge in [0.1, 0.15) is 5.84 Å². The van der Waals surface area contributed by atoms with Crippen LogP contribution in [-0.2, 0) is 4.74 Å². The van der Waals surface area contributed by atoms with Crippen LogP contribution in [0, 0.1) is 0 Å². The highest BCUT2D eigenvalue weighted by Gasteiger charge is 2.09. The van der Waals surface area contributed by atoms with E-state index in [9.17, 15) is 0 Å². The quantitative estimate of drug-likeness (QED) is 0.713. The number of ether oxygens (including phenoxy) is 1. The Labute approximate surface area is 91.4 Å². The molecule has 0 saturated heterocycles. The molecule has 0 aliphatic carbocycles. The topological polar surface area (TPSA) is 37.2 Å². The van der Waals surface area contributed by atoms with Gasteiger partial charge in [0, 0.05) is 25.7 Å². The van der Waals surface area contributed by atoms with E-state index >= 15 is 0 Å². The van der Waals surface area contributed by atoms with Crippen molar-refractivity contribution in [1.82, 2.24) is 4.90 Å². The van der Waals surface area contributed by atoms with E-state index in [1.807, 2.05) is 13.0 Å². The van der Waals surface area contributed by atoms with Crippen LogP contribution in [0.25, 0.3) is 0 Å². The molecule has 0 aromatic heterocycles. The fourth-order valence-corrected chi connectivity index (χ4v) is 1.45. The van der Waals surface area contributed by atoms with Gasteiger partial charge in [-0.2, -0.15) is 4.99 Å². The fraction of sp³-hybridized carbons (Fsp3) is 0.636. The van der Waals surface area contributed by atoms with Crippen molar-refractivity contribution in [2.75, 3.05) is 19.7 Å². The van der Waals surface area contributed by atoms with Crippen LogP contribution in [0.5, 0.6) is 0 Å². The lowest BCUT2D eigenvalue weighted by Crippen LogP contribution is -2.31. The van der Waals surface area contributed by atoms with E-state index in [0.717, 1.165) is 25.3 Å². The molecule has 0 N–H and O–H groups in total. The van der Waals surface area contributed by atoms with E-state index in [1.54, 1.807) is 6.20 Å². The first-order valence-corrected chi connectivity index (χ1v) is 5.49. The highest BCUT2D eigenvalue weighted by atomic mass is 16.5. The molecule has 1 aliphatic heterocycles. The summed E-state index contributed by atoms with van der Waals surface area (Å²) >= 11 is 0. The Kier molecular flexibility index (Phi) is 4.87. The van der Waals surface area contributed by atoms with Gasteiger partial charge in [-0.1, -0.05) is 6.08 Å². The van der Waals surface area contributed by atoms with Crippen LogP contribution < -0.4 is 0 Å². The molecule has 1 aliphatic rings. The average molecular weight is 209 g/mol. The minimum Gasteiger partial charge on any atom is -0.464 e. The van der Waals surface area contributed by atoms with Crippen molar-refractivity contribution in [1.29, 1.82) is 0 Å². The Morgan fingerprint density at radius 1 is 1.33 bits per heavy atom. The summed E-state index contributed by atoms with van der Waals surface area (Å²) in [7, 11) is 0. The molecule has 1 rings (SSSR count). The lowest BCUT2D eigenvalue weighted by atomic mass is 10.3. The second-order valence-electron chi connectivity index (χ2n) is 3.13. The zero-order valence-electron chi connectivity index (χ0n) is 9.73. The zero-order chi connectivity index (χ0) is 11.1. The molecule has 0 amide bonds. The molecule has 0 bridgehead atoms. The van der Waals surface area contributed by atoms with Crippen LogP contribution in [0.3, 0.4) is 0 Å². The third-order valence-corrected chi connectivity index (χ3v) is 2.22. The number of aliphatic imine (C=N–C) groups is 2. The SMILES string of the molecule is CCOC1=NC=CCC(N(CC)CC)=N1. The van der Waals surface area contributed by atoms with Gasteiger partial charge >= 0.3 is 6.02 Å². The molecule has 15 heavy (non-hydrogen) atoms. The van der Waals surface area contributed by atoms with Gasteiger partial charge in [0.05, 0.1) is 6.61 Å². The van der Waals surface area contributed by atoms with E-state index in [0.29, 0.717) is 12.6 Å². The maximum Gasteiger partial charge on any atom is 0.318 e. The van der Waals surface area contributed by atoms with Crippen molar-refractivity contribution >= 4 is 11.9 Å². The van der Waals surface area contributed by atoms with E-state index in [4.69, 9.17) is 4.74 Å². The van der Waals surface area contributed by atoms with E-state index in [-0.39, 0.29) is 0 Å². The predicted octanol–water partition coefficient (Wildman–Crippen LogP) is 2.04. The van der Waals surface area contributed by atoms with Crippen molar-refractivity contribution in [2.45, 2.75) is 27.2 Å². The lowest BCUT2D eigenvalue weighted by Gasteiger charge is -2.21. The summed E-state index contributed by atoms with van der Waals surface area (Å²) in [5.74, 6) is 1.03. The van der Waals surface area contributed by atoms with Crippen LogP contribution >= 0.6 is 0 Å². The number of hydrogen-bond acceptors (Lipinski definition) is 4. The molecule has 0 fully saturated rings. The number of amidine groups is 2. The summed E-state index contributed by atoms with van der Waals surface area (Å²) in [6, 6.07) is 0.466. The summed E-state index contributed by atoms with van der Waals surface area (Å²) in [4.78, 5) is 10.7. The minimum absolute atomic E-state index is 0.466. The molecule has 0 saturated carbocycles. The van der Waals surface area contributed by atoms with Gasteiger partial charge in [-0.25, -0.2) is 4.99 Å². The van der Waals surface area contributed by atoms with Gasteiger partial charge in [0.15, 0.2) is 0 Å². The standard InChI is InChI=1S/C11H19N3O/c1-4-14(5-2)10-8-7-9-12-11(13-10)15-6-3/h7,9H,4-6,8H2,1-3H3. The highest BCUT2D eigenvalue weighted by molar-refractivity contribution is 5.95. The number of hydrogen-bond donors (Lipinski definition) is 0. The molecule has 0 atom stereocenters. The molecule has 0 spiro atoms. The summed E-state index contributed by atoms with van der Waals surface area (Å²) in [6.45, 7) is 8.70. The first-order valence-electron chi connectivity index (χ1n) is 5.49. The molecule has 1 heterocycles. The van der Waals surface area contributed by atoms with Crippen molar-refractivity contribution < 1.29 is 4.74 Å². The van der Waals surface area contributed by atoms with Crippen molar-refractivity contribution in [3.8, 4) is 0 Å². The molecular weight excluding hydrogens is 190 g/mol. The number of rotatable bonds is 3. The van der Waals surface area contributed by atoms with E-state index in [1.165, 1.54) is 0 Å². The van der Waals surface area contributed by atoms with Crippen molar-refractivity contribution in [3.05, 3.63) is 12.3 Å². The Morgan fingerprint density at radius 2 is 2.07 bits per heavy atom. The molecule has 0 unspecified atom stereocenters. The summed E-state index contributed by atoms with van der Waals surface area (Å²) in [5.41, 5.74) is 0. The molecule has 0 aromatic carbocycles. The summed E-state index contributed by atoms with van der Waals surface area (Å²) in [6.07, 6.45) is 4.58. The highest BCUT2D eigenvalue weighted by Crippen LogP contribution is 2.04. The molecule has 84 valence electrons. The lowest BCUT2D eigenvalue weighted by molar-refractivity contribution is 0.321. The van der Waals surface area contributed by atoms with Gasteiger partial charge in [0.2, 0.25) is 0 Å². The van der Waals surface area contributed by atoms with Crippen LogP contribution in [-0.4, -0.2) is 36.5 Å². The molecule has 0 aromatic rings. The normalized spacial score (nSPS) is 15.4. The average Bonchev–Trinajstić information content (AvgIpc) is 2.46. The predicted molar refractivity (Wildman–Crippen MR) is 63.2 cm³/mol. The van der Waals surface area contributed by atoms with Crippen LogP contribution in [0.15, 0.2) is 22.3 Å². The molecule has 0 radical (unpaired) electrons. The monoisotopic (exact) mass is 209 g/mol. The maximum atomic E-state index is 5.32. The Morgan fingerprint density at radius 3 is 2.67 bits per heavy atom. The Hall–Kier alpha value is -1.32. The first-order chi connectivity index (χ1) is 7.31. The van der Waals surface area contributed by atoms with Gasteiger partial charge < -0.3 is 9.64 Å². The fourth-order valence-electron chi connectivity index (χ4n) is 1.45. The van der Waals surface area contributed by atoms with Crippen LogP contribution in [0.1, 0.15) is 27.2 Å². The van der Waals surface area contributed by atoms with Gasteiger partial charge in [-0.3, -0.25) is 0 Å². The summed E-state index contributed by atoms with van der Waals surface area (Å²) in [5, 5.41) is 0. The Bertz CT molecular complexity index is 278. The molecule has 4 nitrogen and oxygen atoms in total. The Balaban J connectivity index is 2.79.